The van der Waals surface area contributed by atoms with Gasteiger partial charge in [0.2, 0.25) is 0 Å². The van der Waals surface area contributed by atoms with Crippen molar-refractivity contribution in [3.05, 3.63) is 24.3 Å². The Labute approximate surface area is 105 Å². The first-order chi connectivity index (χ1) is 8.36. The molecule has 0 N–H and O–H groups in total. The predicted octanol–water partition coefficient (Wildman–Crippen LogP) is 1.37. The van der Waals surface area contributed by atoms with Gasteiger partial charge in [0, 0.05) is 6.92 Å². The lowest BCUT2D eigenvalue weighted by Crippen LogP contribution is -2.09. The summed E-state index contributed by atoms with van der Waals surface area (Å²) < 4.78 is 32.7. The summed E-state index contributed by atoms with van der Waals surface area (Å²) in [6, 6.07) is 5.62. The molecule has 0 radical (unpaired) electrons. The molecule has 0 atom stereocenters. The van der Waals surface area contributed by atoms with E-state index < -0.39 is 10.1 Å². The second kappa shape index (κ2) is 5.63. The smallest absolute Gasteiger partial charge is 0.358 e. The molecule has 0 fully saturated rings. The van der Waals surface area contributed by atoms with Crippen molar-refractivity contribution in [2.45, 2.75) is 18.7 Å². The van der Waals surface area contributed by atoms with Crippen molar-refractivity contribution in [1.29, 1.82) is 0 Å². The van der Waals surface area contributed by atoms with E-state index in [9.17, 15) is 13.2 Å². The van der Waals surface area contributed by atoms with E-state index in [0.717, 1.165) is 0 Å². The molecule has 7 heteroatoms. The number of rotatable bonds is 5. The largest absolute Gasteiger partial charge is 0.497 e. The number of benzene rings is 1. The summed E-state index contributed by atoms with van der Waals surface area (Å²) in [6.07, 6.45) is 0. The quantitative estimate of drug-likeness (QED) is 0.596. The number of ketones is 1. The molecule has 0 aromatic heterocycles. The lowest BCUT2D eigenvalue weighted by Gasteiger charge is -2.03. The van der Waals surface area contributed by atoms with Gasteiger partial charge in [0.1, 0.15) is 16.4 Å². The predicted molar refractivity (Wildman–Crippen MR) is 65.1 cm³/mol. The van der Waals surface area contributed by atoms with Crippen molar-refractivity contribution in [2.75, 3.05) is 7.11 Å². The molecule has 1 rings (SSSR count). The van der Waals surface area contributed by atoms with Crippen molar-refractivity contribution in [1.82, 2.24) is 0 Å². The third-order valence-corrected chi connectivity index (χ3v) is 3.25. The highest BCUT2D eigenvalue weighted by atomic mass is 32.2. The Balaban J connectivity index is 2.93. The zero-order chi connectivity index (χ0) is 13.8. The van der Waals surface area contributed by atoms with Crippen LogP contribution < -0.4 is 4.74 Å². The first-order valence-electron chi connectivity index (χ1n) is 5.00. The molecule has 98 valence electrons. The zero-order valence-corrected chi connectivity index (χ0v) is 11.0. The molecular weight excluding hydrogens is 258 g/mol. The monoisotopic (exact) mass is 271 g/mol. The third-order valence-electron chi connectivity index (χ3n) is 2.13. The number of oxime groups is 1. The van der Waals surface area contributed by atoms with E-state index in [4.69, 9.17) is 4.74 Å². The molecule has 0 bridgehead atoms. The minimum absolute atomic E-state index is 0.0212. The second-order valence-electron chi connectivity index (χ2n) is 3.44. The van der Waals surface area contributed by atoms with Crippen LogP contribution >= 0.6 is 0 Å². The van der Waals surface area contributed by atoms with Gasteiger partial charge >= 0.3 is 10.1 Å². The number of hydrogen-bond donors (Lipinski definition) is 0. The molecule has 1 aromatic carbocycles. The van der Waals surface area contributed by atoms with Crippen molar-refractivity contribution >= 4 is 21.6 Å². The van der Waals surface area contributed by atoms with E-state index in [1.54, 1.807) is 0 Å². The van der Waals surface area contributed by atoms with Crippen LogP contribution in [0.3, 0.4) is 0 Å². The molecule has 0 unspecified atom stereocenters. The molecule has 0 heterocycles. The maximum Gasteiger partial charge on any atom is 0.358 e. The zero-order valence-electron chi connectivity index (χ0n) is 10.2. The highest BCUT2D eigenvalue weighted by Gasteiger charge is 2.16. The molecule has 0 aliphatic heterocycles. The highest BCUT2D eigenvalue weighted by Crippen LogP contribution is 2.17. The van der Waals surface area contributed by atoms with Crippen molar-refractivity contribution < 1.29 is 22.2 Å². The Morgan fingerprint density at radius 3 is 2.17 bits per heavy atom. The lowest BCUT2D eigenvalue weighted by atomic mass is 10.3. The fourth-order valence-corrected chi connectivity index (χ4v) is 1.72. The van der Waals surface area contributed by atoms with Crippen molar-refractivity contribution in [3.63, 3.8) is 0 Å². The van der Waals surface area contributed by atoms with E-state index >= 15 is 0 Å². The summed E-state index contributed by atoms with van der Waals surface area (Å²) in [4.78, 5) is 10.8. The molecule has 0 amide bonds. The number of methoxy groups -OCH3 is 1. The standard InChI is InChI=1S/C11H13NO5S/c1-8(9(2)13)12-17-18(14,15)11-6-4-10(16-3)5-7-11/h4-7H,1-3H3. The van der Waals surface area contributed by atoms with Crippen LogP contribution in [0.25, 0.3) is 0 Å². The molecule has 6 nitrogen and oxygen atoms in total. The van der Waals surface area contributed by atoms with Crippen molar-refractivity contribution in [2.24, 2.45) is 5.16 Å². The number of nitrogens with zero attached hydrogens (tertiary/aromatic N) is 1. The van der Waals surface area contributed by atoms with Gasteiger partial charge in [0.25, 0.3) is 0 Å². The van der Waals surface area contributed by atoms with E-state index in [2.05, 4.69) is 9.44 Å². The van der Waals surface area contributed by atoms with Gasteiger partial charge in [-0.1, -0.05) is 5.16 Å². The number of carbonyl (C=O) groups is 1. The minimum atomic E-state index is -4.01. The summed E-state index contributed by atoms with van der Waals surface area (Å²) in [5.74, 6) is 0.164. The van der Waals surface area contributed by atoms with Gasteiger partial charge in [0.15, 0.2) is 5.78 Å². The molecule has 0 aliphatic carbocycles. The van der Waals surface area contributed by atoms with Crippen LogP contribution in [-0.4, -0.2) is 27.0 Å². The van der Waals surface area contributed by atoms with Crippen LogP contribution in [0, 0.1) is 0 Å². The molecule has 0 saturated heterocycles. The summed E-state index contributed by atoms with van der Waals surface area (Å²) in [5.41, 5.74) is -0.0212. The van der Waals surface area contributed by atoms with Gasteiger partial charge in [-0.2, -0.15) is 8.42 Å². The van der Waals surface area contributed by atoms with Crippen LogP contribution in [0.5, 0.6) is 5.75 Å². The van der Waals surface area contributed by atoms with Gasteiger partial charge in [-0.3, -0.25) is 9.08 Å². The summed E-state index contributed by atoms with van der Waals surface area (Å²) >= 11 is 0. The SMILES string of the molecule is COc1ccc(S(=O)(=O)ON=C(C)C(C)=O)cc1. The van der Waals surface area contributed by atoms with E-state index in [1.165, 1.54) is 45.2 Å². The van der Waals surface area contributed by atoms with E-state index in [1.807, 2.05) is 0 Å². The van der Waals surface area contributed by atoms with Gasteiger partial charge in [-0.15, -0.1) is 0 Å². The molecule has 1 aromatic rings. The number of carbonyl (C=O) groups excluding carboxylic acids is 1. The molecular formula is C11H13NO5S. The number of Topliss-reactive ketones (excluding diaryl/α,β-unsaturated/α-hetero) is 1. The maximum atomic E-state index is 11.7. The Bertz CT molecular complexity index is 560. The Morgan fingerprint density at radius 2 is 1.72 bits per heavy atom. The van der Waals surface area contributed by atoms with Crippen LogP contribution in [0.4, 0.5) is 0 Å². The van der Waals surface area contributed by atoms with Crippen molar-refractivity contribution in [3.8, 4) is 5.75 Å². The number of ether oxygens (including phenoxy) is 1. The fourth-order valence-electron chi connectivity index (χ4n) is 0.955. The maximum absolute atomic E-state index is 11.7. The summed E-state index contributed by atoms with van der Waals surface area (Å²) in [6.45, 7) is 2.63. The molecule has 0 spiro atoms. The second-order valence-corrected chi connectivity index (χ2v) is 4.97. The Hall–Kier alpha value is -1.89. The van der Waals surface area contributed by atoms with Gasteiger partial charge in [-0.05, 0) is 31.2 Å². The van der Waals surface area contributed by atoms with Crippen LogP contribution in [0.15, 0.2) is 34.3 Å². The fraction of sp³-hybridized carbons (Fsp3) is 0.273. The lowest BCUT2D eigenvalue weighted by molar-refractivity contribution is -0.111. The normalized spacial score (nSPS) is 12.1. The molecule has 0 aliphatic rings. The van der Waals surface area contributed by atoms with Gasteiger partial charge in [-0.25, -0.2) is 0 Å². The van der Waals surface area contributed by atoms with Crippen LogP contribution in [0.1, 0.15) is 13.8 Å². The average Bonchev–Trinajstić information content (AvgIpc) is 2.36. The number of hydrogen-bond acceptors (Lipinski definition) is 6. The van der Waals surface area contributed by atoms with Gasteiger partial charge < -0.3 is 4.74 Å². The molecule has 18 heavy (non-hydrogen) atoms. The van der Waals surface area contributed by atoms with Crippen LogP contribution in [-0.2, 0) is 19.2 Å². The minimum Gasteiger partial charge on any atom is -0.497 e. The Kier molecular flexibility index (Phi) is 4.43. The Morgan fingerprint density at radius 1 is 1.17 bits per heavy atom. The first kappa shape index (κ1) is 14.2. The highest BCUT2D eigenvalue weighted by molar-refractivity contribution is 7.86. The topological polar surface area (TPSA) is 82.0 Å². The van der Waals surface area contributed by atoms with E-state index in [0.29, 0.717) is 5.75 Å². The van der Waals surface area contributed by atoms with E-state index in [-0.39, 0.29) is 16.4 Å². The first-order valence-corrected chi connectivity index (χ1v) is 6.41. The average molecular weight is 271 g/mol. The third kappa shape index (κ3) is 3.56. The summed E-state index contributed by atoms with van der Waals surface area (Å²) in [7, 11) is -2.54. The van der Waals surface area contributed by atoms with Crippen LogP contribution in [0.2, 0.25) is 0 Å². The van der Waals surface area contributed by atoms with Gasteiger partial charge in [0.05, 0.1) is 7.11 Å². The molecule has 0 saturated carbocycles. The summed E-state index contributed by atoms with van der Waals surface area (Å²) in [5, 5.41) is 3.26.